The number of nitrogens with zero attached hydrogens (tertiary/aromatic N) is 1. The molecule has 9 nitrogen and oxygen atoms in total. The van der Waals surface area contributed by atoms with Crippen molar-refractivity contribution in [3.8, 4) is 0 Å². The first-order valence-corrected chi connectivity index (χ1v) is 12.9. The number of amides is 3. The summed E-state index contributed by atoms with van der Waals surface area (Å²) < 4.78 is 5.44. The number of nitrogens with one attached hydrogen (secondary N) is 2. The normalized spacial score (nSPS) is 23.0. The van der Waals surface area contributed by atoms with E-state index in [0.717, 1.165) is 24.8 Å². The summed E-state index contributed by atoms with van der Waals surface area (Å²) in [4.78, 5) is 51.2. The van der Waals surface area contributed by atoms with E-state index >= 15 is 0 Å². The maximum absolute atomic E-state index is 12.8. The van der Waals surface area contributed by atoms with Crippen LogP contribution in [0.15, 0.2) is 30.3 Å². The first-order valence-electron chi connectivity index (χ1n) is 12.9. The summed E-state index contributed by atoms with van der Waals surface area (Å²) in [5.41, 5.74) is 0.245. The zero-order valence-corrected chi connectivity index (χ0v) is 21.5. The molecule has 36 heavy (non-hydrogen) atoms. The molecule has 0 spiro atoms. The molecular weight excluding hydrogens is 462 g/mol. The zero-order chi connectivity index (χ0) is 26.3. The molecule has 9 heteroatoms. The molecule has 3 rings (SSSR count). The average molecular weight is 502 g/mol. The summed E-state index contributed by atoms with van der Waals surface area (Å²) in [6.45, 7) is 6.42. The van der Waals surface area contributed by atoms with Crippen molar-refractivity contribution in [2.24, 2.45) is 11.8 Å². The van der Waals surface area contributed by atoms with Crippen molar-refractivity contribution in [1.29, 1.82) is 0 Å². The molecular formula is C27H39N3O6. The number of carbonyl (C=O) groups excluding carboxylic acids is 3. The maximum Gasteiger partial charge on any atom is 0.410 e. The van der Waals surface area contributed by atoms with E-state index in [1.54, 1.807) is 20.8 Å². The minimum atomic E-state index is -1.05. The van der Waals surface area contributed by atoms with Crippen LogP contribution in [-0.4, -0.2) is 64.7 Å². The van der Waals surface area contributed by atoms with Gasteiger partial charge in [0.2, 0.25) is 11.8 Å². The third-order valence-electron chi connectivity index (χ3n) is 6.86. The van der Waals surface area contributed by atoms with Crippen molar-refractivity contribution in [2.45, 2.75) is 83.4 Å². The minimum Gasteiger partial charge on any atom is -0.480 e. The SMILES string of the molecule is CC(C)(C)OC(=O)N1CCCC1C(=O)NCC1CCC(C(=O)NC(Cc2ccccc2)C(=O)O)CC1. The van der Waals surface area contributed by atoms with Gasteiger partial charge in [-0.3, -0.25) is 14.5 Å². The summed E-state index contributed by atoms with van der Waals surface area (Å²) in [5.74, 6) is -1.42. The zero-order valence-electron chi connectivity index (χ0n) is 21.5. The molecule has 0 aromatic heterocycles. The van der Waals surface area contributed by atoms with Crippen LogP contribution in [-0.2, 0) is 25.5 Å². The fraction of sp³-hybridized carbons (Fsp3) is 0.630. The molecule has 1 heterocycles. The molecule has 1 aromatic carbocycles. The Labute approximate surface area is 212 Å². The van der Waals surface area contributed by atoms with Crippen LogP contribution in [0.2, 0.25) is 0 Å². The fourth-order valence-electron chi connectivity index (χ4n) is 4.91. The number of carboxylic acid groups (broad SMARTS) is 1. The predicted molar refractivity (Wildman–Crippen MR) is 134 cm³/mol. The van der Waals surface area contributed by atoms with Crippen LogP contribution in [0, 0.1) is 11.8 Å². The van der Waals surface area contributed by atoms with Gasteiger partial charge in [-0.2, -0.15) is 0 Å². The summed E-state index contributed by atoms with van der Waals surface area (Å²) in [6, 6.07) is 7.77. The largest absolute Gasteiger partial charge is 0.480 e. The van der Waals surface area contributed by atoms with Gasteiger partial charge in [-0.05, 0) is 70.8 Å². The molecule has 2 fully saturated rings. The second-order valence-corrected chi connectivity index (χ2v) is 10.9. The lowest BCUT2D eigenvalue weighted by Gasteiger charge is -2.30. The van der Waals surface area contributed by atoms with Gasteiger partial charge in [0, 0.05) is 25.4 Å². The van der Waals surface area contributed by atoms with Crippen LogP contribution in [0.4, 0.5) is 4.79 Å². The van der Waals surface area contributed by atoms with Gasteiger partial charge in [0.25, 0.3) is 0 Å². The highest BCUT2D eigenvalue weighted by atomic mass is 16.6. The van der Waals surface area contributed by atoms with Crippen LogP contribution in [0.3, 0.4) is 0 Å². The molecule has 1 saturated carbocycles. The second kappa shape index (κ2) is 12.2. The molecule has 1 aliphatic heterocycles. The van der Waals surface area contributed by atoms with Gasteiger partial charge in [-0.25, -0.2) is 9.59 Å². The van der Waals surface area contributed by atoms with Crippen molar-refractivity contribution in [1.82, 2.24) is 15.5 Å². The number of hydrogen-bond donors (Lipinski definition) is 3. The number of ether oxygens (including phenoxy) is 1. The van der Waals surface area contributed by atoms with E-state index in [1.807, 2.05) is 30.3 Å². The Bertz CT molecular complexity index is 921. The van der Waals surface area contributed by atoms with Gasteiger partial charge in [0.15, 0.2) is 0 Å². The summed E-state index contributed by atoms with van der Waals surface area (Å²) in [7, 11) is 0. The Morgan fingerprint density at radius 2 is 1.69 bits per heavy atom. The quantitative estimate of drug-likeness (QED) is 0.503. The van der Waals surface area contributed by atoms with Crippen molar-refractivity contribution < 1.29 is 29.0 Å². The molecule has 2 atom stereocenters. The van der Waals surface area contributed by atoms with Crippen LogP contribution in [0.25, 0.3) is 0 Å². The molecule has 3 amide bonds. The number of rotatable bonds is 8. The number of aliphatic carboxylic acids is 1. The lowest BCUT2D eigenvalue weighted by molar-refractivity contribution is -0.142. The Kier molecular flexibility index (Phi) is 9.34. The molecule has 198 valence electrons. The lowest BCUT2D eigenvalue weighted by Crippen LogP contribution is -2.48. The first-order chi connectivity index (χ1) is 17.0. The maximum atomic E-state index is 12.8. The highest BCUT2D eigenvalue weighted by Crippen LogP contribution is 2.29. The van der Waals surface area contributed by atoms with Gasteiger partial charge < -0.3 is 20.5 Å². The van der Waals surface area contributed by atoms with Gasteiger partial charge >= 0.3 is 12.1 Å². The van der Waals surface area contributed by atoms with E-state index < -0.39 is 29.7 Å². The smallest absolute Gasteiger partial charge is 0.410 e. The van der Waals surface area contributed by atoms with Crippen LogP contribution < -0.4 is 10.6 Å². The van der Waals surface area contributed by atoms with Crippen molar-refractivity contribution in [3.05, 3.63) is 35.9 Å². The summed E-state index contributed by atoms with van der Waals surface area (Å²) in [5, 5.41) is 15.3. The van der Waals surface area contributed by atoms with Gasteiger partial charge in [0.1, 0.15) is 17.7 Å². The van der Waals surface area contributed by atoms with E-state index in [1.165, 1.54) is 4.90 Å². The monoisotopic (exact) mass is 501 g/mol. The fourth-order valence-corrected chi connectivity index (χ4v) is 4.91. The van der Waals surface area contributed by atoms with E-state index in [-0.39, 0.29) is 30.1 Å². The Morgan fingerprint density at radius 1 is 1.03 bits per heavy atom. The standard InChI is InChI=1S/C27H39N3O6/c1-27(2,3)36-26(35)30-15-7-10-22(30)24(32)28-17-19-11-13-20(14-12-19)23(31)29-21(25(33)34)16-18-8-5-4-6-9-18/h4-6,8-9,19-22H,7,10-17H2,1-3H3,(H,28,32)(H,29,31)(H,33,34). The number of hydrogen-bond acceptors (Lipinski definition) is 5. The van der Waals surface area contributed by atoms with Crippen molar-refractivity contribution in [2.75, 3.05) is 13.1 Å². The Balaban J connectivity index is 1.42. The highest BCUT2D eigenvalue weighted by Gasteiger charge is 2.37. The summed E-state index contributed by atoms with van der Waals surface area (Å²) >= 11 is 0. The van der Waals surface area contributed by atoms with Crippen molar-refractivity contribution in [3.63, 3.8) is 0 Å². The van der Waals surface area contributed by atoms with E-state index in [4.69, 9.17) is 4.74 Å². The molecule has 1 aromatic rings. The van der Waals surface area contributed by atoms with Gasteiger partial charge in [-0.1, -0.05) is 30.3 Å². The van der Waals surface area contributed by atoms with E-state index in [0.29, 0.717) is 32.4 Å². The van der Waals surface area contributed by atoms with Crippen LogP contribution in [0.5, 0.6) is 0 Å². The first kappa shape index (κ1) is 27.5. The number of likely N-dealkylation sites (tertiary alicyclic amines) is 1. The number of carbonyl (C=O) groups is 4. The lowest BCUT2D eigenvalue weighted by atomic mass is 9.81. The van der Waals surface area contributed by atoms with E-state index in [2.05, 4.69) is 10.6 Å². The predicted octanol–water partition coefficient (Wildman–Crippen LogP) is 3.12. The highest BCUT2D eigenvalue weighted by molar-refractivity contribution is 5.86. The average Bonchev–Trinajstić information content (AvgIpc) is 3.32. The topological polar surface area (TPSA) is 125 Å². The number of benzene rings is 1. The Hall–Kier alpha value is -3.10. The Morgan fingerprint density at radius 3 is 2.31 bits per heavy atom. The third-order valence-corrected chi connectivity index (χ3v) is 6.86. The molecule has 0 bridgehead atoms. The third kappa shape index (κ3) is 7.96. The van der Waals surface area contributed by atoms with Crippen LogP contribution >= 0.6 is 0 Å². The molecule has 2 unspecified atom stereocenters. The summed E-state index contributed by atoms with van der Waals surface area (Å²) in [6.07, 6.45) is 4.01. The van der Waals surface area contributed by atoms with Crippen LogP contribution in [0.1, 0.15) is 64.9 Å². The molecule has 0 radical (unpaired) electrons. The van der Waals surface area contributed by atoms with Gasteiger partial charge in [-0.15, -0.1) is 0 Å². The van der Waals surface area contributed by atoms with Crippen molar-refractivity contribution >= 4 is 23.9 Å². The number of carboxylic acids is 1. The van der Waals surface area contributed by atoms with E-state index in [9.17, 15) is 24.3 Å². The molecule has 3 N–H and O–H groups in total. The molecule has 1 aliphatic carbocycles. The second-order valence-electron chi connectivity index (χ2n) is 10.9. The molecule has 1 saturated heterocycles. The minimum absolute atomic E-state index is 0.163. The molecule has 2 aliphatic rings. The van der Waals surface area contributed by atoms with Gasteiger partial charge in [0.05, 0.1) is 0 Å².